The number of hydrogen-bond donors (Lipinski definition) is 1. The lowest BCUT2D eigenvalue weighted by Crippen LogP contribution is -2.30. The lowest BCUT2D eigenvalue weighted by molar-refractivity contribution is 0.0746. The summed E-state index contributed by atoms with van der Waals surface area (Å²) in [5.74, 6) is 0.919. The Kier molecular flexibility index (Phi) is 4.55. The van der Waals surface area contributed by atoms with Crippen LogP contribution in [-0.2, 0) is 13.1 Å². The van der Waals surface area contributed by atoms with Gasteiger partial charge in [-0.3, -0.25) is 9.69 Å². The van der Waals surface area contributed by atoms with Crippen LogP contribution in [0.3, 0.4) is 0 Å². The topological polar surface area (TPSA) is 48.6 Å². The Morgan fingerprint density at radius 1 is 1.10 bits per heavy atom. The standard InChI is InChI=1S/C24H27N3O2/c1-16(2)26-10-9-21(15-26)29-20-7-8-22-19(11-20)12-23(25-22)24(28)27-13-17-5-3-4-6-18(17)14-27/h3-8,11-12,16,21,25H,9-10,13-15H2,1-2H3. The Hall–Kier alpha value is -2.79. The molecule has 1 unspecified atom stereocenters. The maximum Gasteiger partial charge on any atom is 0.270 e. The SMILES string of the molecule is CC(C)N1CCC(Oc2ccc3[nH]c(C(=O)N4Cc5ccccc5C4)cc3c2)C1. The van der Waals surface area contributed by atoms with Gasteiger partial charge in [-0.2, -0.15) is 0 Å². The van der Waals surface area contributed by atoms with Crippen molar-refractivity contribution in [1.82, 2.24) is 14.8 Å². The van der Waals surface area contributed by atoms with Crippen molar-refractivity contribution in [2.24, 2.45) is 0 Å². The highest BCUT2D eigenvalue weighted by Crippen LogP contribution is 2.27. The van der Waals surface area contributed by atoms with Gasteiger partial charge >= 0.3 is 0 Å². The quantitative estimate of drug-likeness (QED) is 0.728. The average Bonchev–Trinajstić information content (AvgIpc) is 3.44. The second-order valence-corrected chi connectivity index (χ2v) is 8.48. The van der Waals surface area contributed by atoms with Crippen LogP contribution in [0.2, 0.25) is 0 Å². The zero-order chi connectivity index (χ0) is 20.0. The van der Waals surface area contributed by atoms with Gasteiger partial charge in [0.15, 0.2) is 0 Å². The van der Waals surface area contributed by atoms with E-state index >= 15 is 0 Å². The van der Waals surface area contributed by atoms with Crippen LogP contribution in [-0.4, -0.2) is 45.9 Å². The Bertz CT molecular complexity index is 1030. The molecule has 5 heteroatoms. The Balaban J connectivity index is 1.30. The number of aromatic amines is 1. The van der Waals surface area contributed by atoms with Gasteiger partial charge in [0.05, 0.1) is 0 Å². The molecule has 0 aliphatic carbocycles. The molecule has 150 valence electrons. The number of H-pyrrole nitrogens is 1. The van der Waals surface area contributed by atoms with Crippen LogP contribution in [0.1, 0.15) is 41.9 Å². The van der Waals surface area contributed by atoms with Crippen molar-refractivity contribution in [3.63, 3.8) is 0 Å². The van der Waals surface area contributed by atoms with E-state index in [0.717, 1.165) is 36.2 Å². The first-order valence-electron chi connectivity index (χ1n) is 10.5. The number of nitrogens with zero attached hydrogens (tertiary/aromatic N) is 2. The van der Waals surface area contributed by atoms with E-state index in [1.54, 1.807) is 0 Å². The predicted molar refractivity (Wildman–Crippen MR) is 114 cm³/mol. The largest absolute Gasteiger partial charge is 0.489 e. The minimum absolute atomic E-state index is 0.0447. The zero-order valence-electron chi connectivity index (χ0n) is 17.0. The molecule has 2 aliphatic heterocycles. The first-order chi connectivity index (χ1) is 14.1. The molecule has 1 saturated heterocycles. The first-order valence-corrected chi connectivity index (χ1v) is 10.5. The van der Waals surface area contributed by atoms with E-state index in [4.69, 9.17) is 4.74 Å². The summed E-state index contributed by atoms with van der Waals surface area (Å²) in [6, 6.07) is 16.8. The summed E-state index contributed by atoms with van der Waals surface area (Å²) in [6.45, 7) is 7.87. The predicted octanol–water partition coefficient (Wildman–Crippen LogP) is 4.19. The number of likely N-dealkylation sites (tertiary alicyclic amines) is 1. The fourth-order valence-corrected chi connectivity index (χ4v) is 4.46. The molecule has 1 N–H and O–H groups in total. The monoisotopic (exact) mass is 389 g/mol. The third-order valence-electron chi connectivity index (χ3n) is 6.16. The fraction of sp³-hybridized carbons (Fsp3) is 0.375. The van der Waals surface area contributed by atoms with Crippen molar-refractivity contribution >= 4 is 16.8 Å². The van der Waals surface area contributed by atoms with Crippen LogP contribution in [0.5, 0.6) is 5.75 Å². The molecule has 0 radical (unpaired) electrons. The Morgan fingerprint density at radius 2 is 1.86 bits per heavy atom. The second-order valence-electron chi connectivity index (χ2n) is 8.48. The van der Waals surface area contributed by atoms with Crippen molar-refractivity contribution in [3.05, 3.63) is 65.4 Å². The maximum atomic E-state index is 13.0. The van der Waals surface area contributed by atoms with Gasteiger partial charge in [-0.1, -0.05) is 24.3 Å². The van der Waals surface area contributed by atoms with Crippen molar-refractivity contribution in [3.8, 4) is 5.75 Å². The van der Waals surface area contributed by atoms with Gasteiger partial charge in [0.25, 0.3) is 5.91 Å². The molecule has 0 spiro atoms. The summed E-state index contributed by atoms with van der Waals surface area (Å²) in [7, 11) is 0. The lowest BCUT2D eigenvalue weighted by atomic mass is 10.1. The summed E-state index contributed by atoms with van der Waals surface area (Å²) < 4.78 is 6.22. The molecule has 2 aromatic carbocycles. The molecule has 1 atom stereocenters. The number of carbonyl (C=O) groups excluding carboxylic acids is 1. The normalized spacial score (nSPS) is 19.3. The van der Waals surface area contributed by atoms with Gasteiger partial charge in [-0.05, 0) is 55.7 Å². The first kappa shape index (κ1) is 18.3. The molecule has 3 heterocycles. The van der Waals surface area contributed by atoms with Crippen LogP contribution in [0.15, 0.2) is 48.5 Å². The second kappa shape index (κ2) is 7.23. The van der Waals surface area contributed by atoms with Gasteiger partial charge in [-0.15, -0.1) is 0 Å². The van der Waals surface area contributed by atoms with Crippen LogP contribution in [0, 0.1) is 0 Å². The summed E-state index contributed by atoms with van der Waals surface area (Å²) in [5.41, 5.74) is 4.07. The van der Waals surface area contributed by atoms with E-state index in [2.05, 4.69) is 35.9 Å². The van der Waals surface area contributed by atoms with Crippen LogP contribution < -0.4 is 4.74 Å². The molecule has 29 heavy (non-hydrogen) atoms. The number of nitrogens with one attached hydrogen (secondary N) is 1. The van der Waals surface area contributed by atoms with Crippen molar-refractivity contribution in [2.75, 3.05) is 13.1 Å². The molecule has 1 amide bonds. The summed E-state index contributed by atoms with van der Waals surface area (Å²) in [6.07, 6.45) is 1.29. The van der Waals surface area contributed by atoms with E-state index in [0.29, 0.717) is 24.8 Å². The molecular weight excluding hydrogens is 362 g/mol. The zero-order valence-corrected chi connectivity index (χ0v) is 17.0. The van der Waals surface area contributed by atoms with Gasteiger partial charge in [-0.25, -0.2) is 0 Å². The molecule has 1 fully saturated rings. The third kappa shape index (κ3) is 3.51. The van der Waals surface area contributed by atoms with E-state index in [-0.39, 0.29) is 12.0 Å². The maximum absolute atomic E-state index is 13.0. The van der Waals surface area contributed by atoms with E-state index < -0.39 is 0 Å². The molecule has 1 aromatic heterocycles. The fourth-order valence-electron chi connectivity index (χ4n) is 4.46. The van der Waals surface area contributed by atoms with Gasteiger partial charge < -0.3 is 14.6 Å². The summed E-state index contributed by atoms with van der Waals surface area (Å²) in [4.78, 5) is 20.6. The molecular formula is C24H27N3O2. The lowest BCUT2D eigenvalue weighted by Gasteiger charge is -2.20. The number of benzene rings is 2. The Morgan fingerprint density at radius 3 is 2.55 bits per heavy atom. The molecule has 0 bridgehead atoms. The van der Waals surface area contributed by atoms with Gasteiger partial charge in [0, 0.05) is 43.1 Å². The number of aromatic nitrogens is 1. The molecule has 3 aromatic rings. The van der Waals surface area contributed by atoms with Crippen molar-refractivity contribution < 1.29 is 9.53 Å². The minimum atomic E-state index is 0.0447. The van der Waals surface area contributed by atoms with Crippen LogP contribution >= 0.6 is 0 Å². The average molecular weight is 389 g/mol. The third-order valence-corrected chi connectivity index (χ3v) is 6.16. The molecule has 0 saturated carbocycles. The number of rotatable bonds is 4. The van der Waals surface area contributed by atoms with E-state index in [1.807, 2.05) is 41.3 Å². The summed E-state index contributed by atoms with van der Waals surface area (Å²) >= 11 is 0. The molecule has 5 nitrogen and oxygen atoms in total. The number of fused-ring (bicyclic) bond motifs is 2. The van der Waals surface area contributed by atoms with E-state index in [1.165, 1.54) is 11.1 Å². The molecule has 2 aliphatic rings. The van der Waals surface area contributed by atoms with Crippen LogP contribution in [0.25, 0.3) is 10.9 Å². The number of ether oxygens (including phenoxy) is 1. The number of hydrogen-bond acceptors (Lipinski definition) is 3. The highest BCUT2D eigenvalue weighted by molar-refractivity contribution is 5.98. The number of amides is 1. The molecule has 5 rings (SSSR count). The summed E-state index contributed by atoms with van der Waals surface area (Å²) in [5, 5.41) is 1.02. The Labute approximate surface area is 171 Å². The van der Waals surface area contributed by atoms with E-state index in [9.17, 15) is 4.79 Å². The van der Waals surface area contributed by atoms with Gasteiger partial charge in [0.2, 0.25) is 0 Å². The smallest absolute Gasteiger partial charge is 0.270 e. The van der Waals surface area contributed by atoms with Crippen LogP contribution in [0.4, 0.5) is 0 Å². The minimum Gasteiger partial charge on any atom is -0.489 e. The highest BCUT2D eigenvalue weighted by atomic mass is 16.5. The van der Waals surface area contributed by atoms with Crippen molar-refractivity contribution in [1.29, 1.82) is 0 Å². The van der Waals surface area contributed by atoms with Crippen molar-refractivity contribution in [2.45, 2.75) is 45.5 Å². The highest BCUT2D eigenvalue weighted by Gasteiger charge is 2.27. The number of carbonyl (C=O) groups is 1. The van der Waals surface area contributed by atoms with Gasteiger partial charge in [0.1, 0.15) is 17.5 Å².